The predicted octanol–water partition coefficient (Wildman–Crippen LogP) is 5.47. The molecule has 0 spiro atoms. The number of H-pyrrole nitrogens is 2. The van der Waals surface area contributed by atoms with Crippen LogP contribution in [0.25, 0.3) is 33.6 Å². The van der Waals surface area contributed by atoms with E-state index in [-0.39, 0.29) is 29.8 Å². The Morgan fingerprint density at radius 3 is 1.83 bits per heavy atom. The number of nitrogens with zero attached hydrogens (tertiary/aromatic N) is 4. The Bertz CT molecular complexity index is 1920. The van der Waals surface area contributed by atoms with Crippen LogP contribution in [0.1, 0.15) is 75.6 Å². The third-order valence-electron chi connectivity index (χ3n) is 10.5. The Kier molecular flexibility index (Phi) is 9.97. The van der Waals surface area contributed by atoms with E-state index >= 15 is 0 Å². The van der Waals surface area contributed by atoms with Crippen LogP contribution in [-0.2, 0) is 19.1 Å². The first-order chi connectivity index (χ1) is 25.2. The Morgan fingerprint density at radius 2 is 1.29 bits per heavy atom. The average molecular weight is 709 g/mol. The van der Waals surface area contributed by atoms with Crippen molar-refractivity contribution < 1.29 is 28.7 Å². The van der Waals surface area contributed by atoms with E-state index < -0.39 is 24.3 Å². The van der Waals surface area contributed by atoms with Crippen LogP contribution >= 0.6 is 0 Å². The number of ether oxygens (including phenoxy) is 2. The van der Waals surface area contributed by atoms with Gasteiger partial charge in [-0.05, 0) is 74.1 Å². The second kappa shape index (κ2) is 14.9. The summed E-state index contributed by atoms with van der Waals surface area (Å²) in [5, 5.41) is 2.56. The van der Waals surface area contributed by atoms with Gasteiger partial charge in [0.15, 0.2) is 0 Å². The first-order valence-electron chi connectivity index (χ1n) is 17.9. The molecule has 0 radical (unpaired) electrons. The second-order valence-electron chi connectivity index (χ2n) is 13.8. The molecular formula is C38H44N8O6. The number of methoxy groups -OCH3 is 1. The highest BCUT2D eigenvalue weighted by molar-refractivity contribution is 5.86. The van der Waals surface area contributed by atoms with Crippen LogP contribution in [-0.4, -0.2) is 86.1 Å². The monoisotopic (exact) mass is 708 g/mol. The molecule has 0 bridgehead atoms. The number of likely N-dealkylation sites (tertiary alicyclic amines) is 2. The SMILES string of the molecule is COC(=O)N[C@@H](C)C(=O)N1CCC[C@H]1c1ncc(-c2ccc(-c3ccc(-c4cnc([C@@H]5CCCN5C(=O)[C@H]5CCC[C@@H]5OC(N)=O)[nH]4)cc3)cc2)[nH]1. The first-order valence-corrected chi connectivity index (χ1v) is 17.9. The van der Waals surface area contributed by atoms with Crippen LogP contribution in [0.15, 0.2) is 60.9 Å². The van der Waals surface area contributed by atoms with Crippen LogP contribution in [0.3, 0.4) is 0 Å². The van der Waals surface area contributed by atoms with Gasteiger partial charge >= 0.3 is 12.2 Å². The number of imidazole rings is 2. The smallest absolute Gasteiger partial charge is 0.407 e. The highest BCUT2D eigenvalue weighted by Gasteiger charge is 2.42. The van der Waals surface area contributed by atoms with Crippen LogP contribution < -0.4 is 11.1 Å². The van der Waals surface area contributed by atoms with Gasteiger partial charge < -0.3 is 40.3 Å². The molecule has 2 saturated heterocycles. The topological polar surface area (TPSA) is 189 Å². The number of nitrogens with two attached hydrogens (primary N) is 1. The van der Waals surface area contributed by atoms with Crippen LogP contribution in [0.5, 0.6) is 0 Å². The fraction of sp³-hybridized carbons (Fsp3) is 0.421. The molecule has 7 rings (SSSR count). The van der Waals surface area contributed by atoms with Gasteiger partial charge in [-0.25, -0.2) is 19.6 Å². The van der Waals surface area contributed by atoms with Crippen molar-refractivity contribution in [2.75, 3.05) is 20.2 Å². The van der Waals surface area contributed by atoms with E-state index in [2.05, 4.69) is 66.4 Å². The van der Waals surface area contributed by atoms with Gasteiger partial charge in [0.05, 0.1) is 48.9 Å². The van der Waals surface area contributed by atoms with Crippen molar-refractivity contribution >= 4 is 24.0 Å². The van der Waals surface area contributed by atoms with E-state index in [4.69, 9.17) is 10.5 Å². The molecule has 4 amide bonds. The van der Waals surface area contributed by atoms with Crippen LogP contribution in [0, 0.1) is 5.92 Å². The number of rotatable bonds is 9. The molecule has 4 heterocycles. The van der Waals surface area contributed by atoms with E-state index in [1.165, 1.54) is 7.11 Å². The molecule has 2 aromatic carbocycles. The number of hydrogen-bond donors (Lipinski definition) is 4. The fourth-order valence-corrected chi connectivity index (χ4v) is 7.88. The number of aromatic amines is 2. The normalized spacial score (nSPS) is 22.0. The molecule has 2 aromatic heterocycles. The summed E-state index contributed by atoms with van der Waals surface area (Å²) in [4.78, 5) is 69.4. The zero-order chi connectivity index (χ0) is 36.4. The van der Waals surface area contributed by atoms with E-state index in [0.717, 1.165) is 77.4 Å². The minimum atomic E-state index is -0.837. The molecule has 3 aliphatic rings. The third-order valence-corrected chi connectivity index (χ3v) is 10.5. The molecule has 5 N–H and O–H groups in total. The van der Waals surface area contributed by atoms with Gasteiger partial charge in [0.2, 0.25) is 11.8 Å². The highest BCUT2D eigenvalue weighted by Crippen LogP contribution is 2.38. The summed E-state index contributed by atoms with van der Waals surface area (Å²) < 4.78 is 9.90. The molecule has 1 aliphatic carbocycles. The summed E-state index contributed by atoms with van der Waals surface area (Å²) in [6.07, 6.45) is 7.16. The number of alkyl carbamates (subject to hydrolysis) is 1. The van der Waals surface area contributed by atoms with E-state index in [1.54, 1.807) is 18.0 Å². The second-order valence-corrected chi connectivity index (χ2v) is 13.8. The van der Waals surface area contributed by atoms with Crippen molar-refractivity contribution in [3.8, 4) is 33.6 Å². The maximum atomic E-state index is 13.5. The standard InChI is InChI=1S/C38H44N8O6/c1-22(42-38(50)51-2)35(47)45-18-4-7-30(45)33-40-20-28(43-33)25-14-10-23(11-15-25)24-12-16-26(17-13-24)29-21-41-34(44-29)31-8-5-19-46(31)36(48)27-6-3-9-32(27)52-37(39)49/h10-17,20-22,27,30-32H,3-9,18-19H2,1-2H3,(H2,39,49)(H,40,43)(H,41,44)(H,42,50)/t22-,27-,30-,31-,32-/m0/s1. The quantitative estimate of drug-likeness (QED) is 0.176. The molecule has 5 atom stereocenters. The van der Waals surface area contributed by atoms with Crippen molar-refractivity contribution in [1.29, 1.82) is 0 Å². The summed E-state index contributed by atoms with van der Waals surface area (Å²) >= 11 is 0. The van der Waals surface area contributed by atoms with Gasteiger partial charge in [-0.15, -0.1) is 0 Å². The van der Waals surface area contributed by atoms with Gasteiger partial charge in [0, 0.05) is 13.1 Å². The molecular weight excluding hydrogens is 664 g/mol. The highest BCUT2D eigenvalue weighted by atomic mass is 16.6. The maximum absolute atomic E-state index is 13.5. The summed E-state index contributed by atoms with van der Waals surface area (Å²) in [6.45, 7) is 2.89. The molecule has 14 nitrogen and oxygen atoms in total. The molecule has 272 valence electrons. The molecule has 1 saturated carbocycles. The number of primary amides is 1. The molecule has 2 aliphatic heterocycles. The van der Waals surface area contributed by atoms with Gasteiger partial charge in [0.1, 0.15) is 23.8 Å². The Morgan fingerprint density at radius 1 is 0.769 bits per heavy atom. The number of carbonyl (C=O) groups excluding carboxylic acids is 4. The molecule has 3 fully saturated rings. The summed E-state index contributed by atoms with van der Waals surface area (Å²) in [6, 6.07) is 15.4. The minimum absolute atomic E-state index is 0.000923. The number of amides is 4. The van der Waals surface area contributed by atoms with Crippen molar-refractivity contribution in [3.63, 3.8) is 0 Å². The summed E-state index contributed by atoms with van der Waals surface area (Å²) in [7, 11) is 1.27. The van der Waals surface area contributed by atoms with E-state index in [0.29, 0.717) is 25.9 Å². The number of nitrogens with one attached hydrogen (secondary N) is 3. The zero-order valence-corrected chi connectivity index (χ0v) is 29.3. The number of hydrogen-bond acceptors (Lipinski definition) is 8. The van der Waals surface area contributed by atoms with Gasteiger partial charge in [-0.2, -0.15) is 0 Å². The van der Waals surface area contributed by atoms with Gasteiger partial charge in [0.25, 0.3) is 0 Å². The Hall–Kier alpha value is -5.66. The van der Waals surface area contributed by atoms with Gasteiger partial charge in [-0.1, -0.05) is 48.5 Å². The minimum Gasteiger partial charge on any atom is -0.453 e. The Balaban J connectivity index is 0.988. The fourth-order valence-electron chi connectivity index (χ4n) is 7.88. The lowest BCUT2D eigenvalue weighted by atomic mass is 10.0. The summed E-state index contributed by atoms with van der Waals surface area (Å²) in [5.74, 6) is 0.937. The lowest BCUT2D eigenvalue weighted by Crippen LogP contribution is -2.46. The lowest BCUT2D eigenvalue weighted by molar-refractivity contribution is -0.139. The maximum Gasteiger partial charge on any atom is 0.407 e. The molecule has 4 aromatic rings. The third kappa shape index (κ3) is 7.10. The lowest BCUT2D eigenvalue weighted by Gasteiger charge is -2.28. The zero-order valence-electron chi connectivity index (χ0n) is 29.3. The van der Waals surface area contributed by atoms with E-state index in [1.807, 2.05) is 23.2 Å². The van der Waals surface area contributed by atoms with Crippen molar-refractivity contribution in [2.45, 2.75) is 76.1 Å². The van der Waals surface area contributed by atoms with Crippen molar-refractivity contribution in [1.82, 2.24) is 35.1 Å². The summed E-state index contributed by atoms with van der Waals surface area (Å²) in [5.41, 5.74) is 11.1. The number of carbonyl (C=O) groups is 4. The Labute approximate surface area is 301 Å². The van der Waals surface area contributed by atoms with Crippen molar-refractivity contribution in [2.24, 2.45) is 11.7 Å². The molecule has 52 heavy (non-hydrogen) atoms. The van der Waals surface area contributed by atoms with Crippen molar-refractivity contribution in [3.05, 3.63) is 72.6 Å². The largest absolute Gasteiger partial charge is 0.453 e. The number of aromatic nitrogens is 4. The predicted molar refractivity (Wildman–Crippen MR) is 191 cm³/mol. The van der Waals surface area contributed by atoms with E-state index in [9.17, 15) is 19.2 Å². The first kappa shape index (κ1) is 34.8. The molecule has 14 heteroatoms. The average Bonchev–Trinajstić information content (AvgIpc) is 4.00. The van der Waals surface area contributed by atoms with Crippen LogP contribution in [0.2, 0.25) is 0 Å². The number of benzene rings is 2. The van der Waals surface area contributed by atoms with Crippen LogP contribution in [0.4, 0.5) is 9.59 Å². The van der Waals surface area contributed by atoms with Gasteiger partial charge in [-0.3, -0.25) is 9.59 Å². The molecule has 0 unspecified atom stereocenters.